The molecule has 0 aromatic heterocycles. The number of hydrogen-bond acceptors (Lipinski definition) is 3. The summed E-state index contributed by atoms with van der Waals surface area (Å²) in [4.78, 5) is 11.2. The summed E-state index contributed by atoms with van der Waals surface area (Å²) in [6.45, 7) is 0. The normalized spacial score (nSPS) is 11.2. The van der Waals surface area contributed by atoms with Crippen LogP contribution < -0.4 is 11.3 Å². The second-order valence-electron chi connectivity index (χ2n) is 2.88. The van der Waals surface area contributed by atoms with E-state index in [-0.39, 0.29) is 5.75 Å². The molecule has 1 aromatic carbocycles. The van der Waals surface area contributed by atoms with Crippen molar-refractivity contribution in [2.24, 2.45) is 5.84 Å². The monoisotopic (exact) mass is 250 g/mol. The van der Waals surface area contributed by atoms with Crippen LogP contribution in [-0.4, -0.2) is 11.7 Å². The lowest BCUT2D eigenvalue weighted by molar-refractivity contribution is -0.137. The minimum atomic E-state index is -4.37. The molecule has 0 atom stereocenters. The van der Waals surface area contributed by atoms with Crippen LogP contribution in [0.3, 0.4) is 0 Å². The summed E-state index contributed by atoms with van der Waals surface area (Å²) in [6.07, 6.45) is -4.37. The second-order valence-corrected chi connectivity index (χ2v) is 3.93. The quantitative estimate of drug-likeness (QED) is 0.372. The summed E-state index contributed by atoms with van der Waals surface area (Å²) in [7, 11) is 0. The van der Waals surface area contributed by atoms with Crippen LogP contribution in [-0.2, 0) is 11.0 Å². The van der Waals surface area contributed by atoms with Crippen LogP contribution in [0.2, 0.25) is 0 Å². The van der Waals surface area contributed by atoms with Gasteiger partial charge in [0.1, 0.15) is 0 Å². The van der Waals surface area contributed by atoms with Gasteiger partial charge in [-0.3, -0.25) is 10.2 Å². The number of amides is 1. The molecule has 0 heterocycles. The van der Waals surface area contributed by atoms with Gasteiger partial charge >= 0.3 is 6.18 Å². The van der Waals surface area contributed by atoms with Crippen molar-refractivity contribution in [2.45, 2.75) is 11.1 Å². The summed E-state index contributed by atoms with van der Waals surface area (Å²) in [5.41, 5.74) is 1.17. The molecule has 1 aromatic rings. The van der Waals surface area contributed by atoms with Crippen LogP contribution in [0.1, 0.15) is 5.56 Å². The number of hydrazine groups is 1. The van der Waals surface area contributed by atoms with Crippen molar-refractivity contribution in [2.75, 3.05) is 5.75 Å². The number of alkyl halides is 3. The lowest BCUT2D eigenvalue weighted by Gasteiger charge is -2.08. The van der Waals surface area contributed by atoms with Gasteiger partial charge in [0, 0.05) is 4.90 Å². The van der Waals surface area contributed by atoms with E-state index < -0.39 is 17.6 Å². The van der Waals surface area contributed by atoms with Crippen LogP contribution >= 0.6 is 11.8 Å². The van der Waals surface area contributed by atoms with Gasteiger partial charge in [0.15, 0.2) is 0 Å². The minimum Gasteiger partial charge on any atom is -0.294 e. The Morgan fingerprint density at radius 1 is 1.44 bits per heavy atom. The number of hydrogen-bond donors (Lipinski definition) is 2. The molecule has 0 saturated carbocycles. The molecule has 16 heavy (non-hydrogen) atoms. The Kier molecular flexibility index (Phi) is 4.19. The number of rotatable bonds is 3. The molecule has 3 N–H and O–H groups in total. The number of carbonyl (C=O) groups excluding carboxylic acids is 1. The Morgan fingerprint density at radius 2 is 2.12 bits per heavy atom. The summed E-state index contributed by atoms with van der Waals surface area (Å²) in [6, 6.07) is 4.77. The number of thioether (sulfide) groups is 1. The van der Waals surface area contributed by atoms with Crippen molar-refractivity contribution in [1.82, 2.24) is 5.43 Å². The fourth-order valence-electron chi connectivity index (χ4n) is 0.953. The third-order valence-electron chi connectivity index (χ3n) is 1.69. The number of nitrogens with two attached hydrogens (primary N) is 1. The molecule has 1 rings (SSSR count). The average Bonchev–Trinajstić information content (AvgIpc) is 2.25. The van der Waals surface area contributed by atoms with Crippen LogP contribution in [0.4, 0.5) is 13.2 Å². The SMILES string of the molecule is NNC(=O)CSc1cccc(C(F)(F)F)c1. The van der Waals surface area contributed by atoms with Gasteiger partial charge in [0.2, 0.25) is 5.91 Å². The molecule has 0 bridgehead atoms. The van der Waals surface area contributed by atoms with Gasteiger partial charge in [-0.2, -0.15) is 13.2 Å². The molecule has 1 amide bonds. The first-order valence-electron chi connectivity index (χ1n) is 4.23. The van der Waals surface area contributed by atoms with E-state index in [0.717, 1.165) is 23.9 Å². The standard InChI is InChI=1S/C9H9F3N2OS/c10-9(11,12)6-2-1-3-7(4-6)16-5-8(15)14-13/h1-4H,5,13H2,(H,14,15). The average molecular weight is 250 g/mol. The molecule has 88 valence electrons. The molecular formula is C9H9F3N2OS. The molecule has 0 saturated heterocycles. The smallest absolute Gasteiger partial charge is 0.294 e. The summed E-state index contributed by atoms with van der Waals surface area (Å²) < 4.78 is 37.0. The second kappa shape index (κ2) is 5.22. The number of benzene rings is 1. The Balaban J connectivity index is 2.72. The van der Waals surface area contributed by atoms with E-state index in [1.807, 2.05) is 5.43 Å². The molecule has 0 radical (unpaired) electrons. The molecule has 0 aliphatic heterocycles. The van der Waals surface area contributed by atoms with Crippen molar-refractivity contribution in [3.05, 3.63) is 29.8 Å². The van der Waals surface area contributed by atoms with Crippen molar-refractivity contribution in [3.63, 3.8) is 0 Å². The van der Waals surface area contributed by atoms with Crippen LogP contribution in [0.25, 0.3) is 0 Å². The van der Waals surface area contributed by atoms with E-state index in [1.165, 1.54) is 12.1 Å². The van der Waals surface area contributed by atoms with Gasteiger partial charge in [-0.25, -0.2) is 5.84 Å². The van der Waals surface area contributed by atoms with Crippen molar-refractivity contribution in [1.29, 1.82) is 0 Å². The molecule has 0 spiro atoms. The third-order valence-corrected chi connectivity index (χ3v) is 2.69. The maximum absolute atomic E-state index is 12.3. The van der Waals surface area contributed by atoms with Gasteiger partial charge in [-0.15, -0.1) is 11.8 Å². The third kappa shape index (κ3) is 3.74. The Hall–Kier alpha value is -1.21. The molecule has 0 unspecified atom stereocenters. The van der Waals surface area contributed by atoms with Crippen LogP contribution in [0.5, 0.6) is 0 Å². The molecule has 0 fully saturated rings. The van der Waals surface area contributed by atoms with E-state index in [1.54, 1.807) is 0 Å². The summed E-state index contributed by atoms with van der Waals surface area (Å²) >= 11 is 0.991. The topological polar surface area (TPSA) is 55.1 Å². The summed E-state index contributed by atoms with van der Waals surface area (Å²) in [5, 5.41) is 0. The zero-order valence-corrected chi connectivity index (χ0v) is 8.86. The van der Waals surface area contributed by atoms with Gasteiger partial charge in [-0.05, 0) is 18.2 Å². The van der Waals surface area contributed by atoms with E-state index >= 15 is 0 Å². The summed E-state index contributed by atoms with van der Waals surface area (Å²) in [5.74, 6) is 4.38. The zero-order valence-electron chi connectivity index (χ0n) is 8.04. The first-order chi connectivity index (χ1) is 7.43. The molecule has 0 aliphatic rings. The highest BCUT2D eigenvalue weighted by Gasteiger charge is 2.30. The predicted octanol–water partition coefficient (Wildman–Crippen LogP) is 1.79. The molecule has 7 heteroatoms. The highest BCUT2D eigenvalue weighted by Crippen LogP contribution is 2.31. The van der Waals surface area contributed by atoms with Gasteiger partial charge in [-0.1, -0.05) is 6.07 Å². The maximum atomic E-state index is 12.3. The highest BCUT2D eigenvalue weighted by molar-refractivity contribution is 8.00. The zero-order chi connectivity index (χ0) is 12.2. The van der Waals surface area contributed by atoms with Gasteiger partial charge < -0.3 is 0 Å². The number of nitrogens with one attached hydrogen (secondary N) is 1. The molecular weight excluding hydrogens is 241 g/mol. The van der Waals surface area contributed by atoms with Gasteiger partial charge in [0.25, 0.3) is 0 Å². The number of carbonyl (C=O) groups is 1. The van der Waals surface area contributed by atoms with E-state index in [4.69, 9.17) is 5.84 Å². The Labute approximate surface area is 94.2 Å². The van der Waals surface area contributed by atoms with E-state index in [2.05, 4.69) is 0 Å². The van der Waals surface area contributed by atoms with Crippen molar-refractivity contribution < 1.29 is 18.0 Å². The van der Waals surface area contributed by atoms with Crippen molar-refractivity contribution in [3.8, 4) is 0 Å². The molecule has 3 nitrogen and oxygen atoms in total. The first-order valence-corrected chi connectivity index (χ1v) is 5.21. The highest BCUT2D eigenvalue weighted by atomic mass is 32.2. The van der Waals surface area contributed by atoms with Gasteiger partial charge in [0.05, 0.1) is 11.3 Å². The first kappa shape index (κ1) is 12.9. The fraction of sp³-hybridized carbons (Fsp3) is 0.222. The van der Waals surface area contributed by atoms with E-state index in [9.17, 15) is 18.0 Å². The fourth-order valence-corrected chi connectivity index (χ4v) is 1.72. The Morgan fingerprint density at radius 3 is 2.69 bits per heavy atom. The largest absolute Gasteiger partial charge is 0.416 e. The molecule has 0 aliphatic carbocycles. The lowest BCUT2D eigenvalue weighted by atomic mass is 10.2. The Bertz CT molecular complexity index is 381. The number of halogens is 3. The minimum absolute atomic E-state index is 0.0161. The predicted molar refractivity (Wildman–Crippen MR) is 54.5 cm³/mol. The van der Waals surface area contributed by atoms with E-state index in [0.29, 0.717) is 4.90 Å². The maximum Gasteiger partial charge on any atom is 0.416 e. The van der Waals surface area contributed by atoms with Crippen molar-refractivity contribution >= 4 is 17.7 Å². The van der Waals surface area contributed by atoms with Crippen LogP contribution in [0.15, 0.2) is 29.2 Å². The van der Waals surface area contributed by atoms with Crippen LogP contribution in [0, 0.1) is 0 Å². The lowest BCUT2D eigenvalue weighted by Crippen LogP contribution is -2.31.